The predicted molar refractivity (Wildman–Crippen MR) is 72.6 cm³/mol. The first kappa shape index (κ1) is 13.2. The fourth-order valence-corrected chi connectivity index (χ4v) is 2.53. The second kappa shape index (κ2) is 6.06. The highest BCUT2D eigenvalue weighted by atomic mass is 32.1. The summed E-state index contributed by atoms with van der Waals surface area (Å²) < 4.78 is 0. The van der Waals surface area contributed by atoms with E-state index in [0.29, 0.717) is 0 Å². The normalized spacial score (nSPS) is 11.3. The Kier molecular flexibility index (Phi) is 4.43. The van der Waals surface area contributed by atoms with Gasteiger partial charge in [-0.15, -0.1) is 11.3 Å². The summed E-state index contributed by atoms with van der Waals surface area (Å²) in [5.74, 6) is 1.83. The maximum absolute atomic E-state index is 4.41. The van der Waals surface area contributed by atoms with Crippen LogP contribution in [0.2, 0.25) is 0 Å². The van der Waals surface area contributed by atoms with Crippen molar-refractivity contribution in [3.8, 4) is 0 Å². The van der Waals surface area contributed by atoms with E-state index in [1.54, 1.807) is 11.3 Å². The number of rotatable bonds is 6. The minimum atomic E-state index is 0.810. The van der Waals surface area contributed by atoms with Gasteiger partial charge in [-0.3, -0.25) is 10.00 Å². The highest BCUT2D eigenvalue weighted by Gasteiger charge is 2.07. The number of hydrogen-bond acceptors (Lipinski definition) is 5. The molecule has 0 aliphatic rings. The molecule has 0 unspecified atom stereocenters. The van der Waals surface area contributed by atoms with Gasteiger partial charge in [0.2, 0.25) is 0 Å². The van der Waals surface area contributed by atoms with Gasteiger partial charge in [0.25, 0.3) is 0 Å². The van der Waals surface area contributed by atoms with Crippen molar-refractivity contribution in [3.05, 3.63) is 27.7 Å². The van der Waals surface area contributed by atoms with Gasteiger partial charge in [0.05, 0.1) is 17.7 Å². The van der Waals surface area contributed by atoms with E-state index in [-0.39, 0.29) is 0 Å². The molecular formula is C12H19N5S. The van der Waals surface area contributed by atoms with E-state index in [2.05, 4.69) is 46.0 Å². The average Bonchev–Trinajstić information content (AvgIpc) is 2.96. The molecule has 0 saturated carbocycles. The zero-order valence-corrected chi connectivity index (χ0v) is 11.9. The third-order valence-corrected chi connectivity index (χ3v) is 3.87. The molecule has 0 spiro atoms. The van der Waals surface area contributed by atoms with Crippen molar-refractivity contribution in [2.45, 2.75) is 33.2 Å². The fraction of sp³-hybridized carbons (Fsp3) is 0.583. The van der Waals surface area contributed by atoms with Gasteiger partial charge in [0.1, 0.15) is 11.6 Å². The molecule has 98 valence electrons. The number of aromatic amines is 1. The molecule has 0 aliphatic heterocycles. The number of hydrogen-bond donors (Lipinski definition) is 1. The molecule has 0 aliphatic carbocycles. The van der Waals surface area contributed by atoms with E-state index in [0.717, 1.165) is 43.3 Å². The number of likely N-dealkylation sites (N-methyl/N-ethyl adjacent to an activating group) is 1. The van der Waals surface area contributed by atoms with Crippen molar-refractivity contribution < 1.29 is 0 Å². The monoisotopic (exact) mass is 265 g/mol. The lowest BCUT2D eigenvalue weighted by molar-refractivity contribution is 0.323. The van der Waals surface area contributed by atoms with Crippen molar-refractivity contribution >= 4 is 11.3 Å². The molecule has 6 heteroatoms. The zero-order valence-electron chi connectivity index (χ0n) is 11.1. The largest absolute Gasteiger partial charge is 0.299 e. The molecule has 2 heterocycles. The van der Waals surface area contributed by atoms with Gasteiger partial charge in [0, 0.05) is 17.8 Å². The minimum absolute atomic E-state index is 0.810. The van der Waals surface area contributed by atoms with E-state index in [9.17, 15) is 0 Å². The Morgan fingerprint density at radius 3 is 2.89 bits per heavy atom. The van der Waals surface area contributed by atoms with Crippen molar-refractivity contribution in [1.29, 1.82) is 0 Å². The van der Waals surface area contributed by atoms with Gasteiger partial charge in [-0.2, -0.15) is 5.10 Å². The van der Waals surface area contributed by atoms with Crippen LogP contribution in [0, 0.1) is 6.92 Å². The molecular weight excluding hydrogens is 246 g/mol. The third-order valence-electron chi connectivity index (χ3n) is 2.88. The molecule has 0 amide bonds. The molecule has 2 aromatic rings. The van der Waals surface area contributed by atoms with Crippen LogP contribution in [0.5, 0.6) is 0 Å². The van der Waals surface area contributed by atoms with E-state index in [1.807, 2.05) is 5.51 Å². The molecule has 0 saturated heterocycles. The summed E-state index contributed by atoms with van der Waals surface area (Å²) >= 11 is 1.73. The number of nitrogens with one attached hydrogen (secondary N) is 1. The Morgan fingerprint density at radius 2 is 2.28 bits per heavy atom. The van der Waals surface area contributed by atoms with Gasteiger partial charge >= 0.3 is 0 Å². The lowest BCUT2D eigenvalue weighted by Gasteiger charge is -2.14. The van der Waals surface area contributed by atoms with Crippen LogP contribution < -0.4 is 0 Å². The molecule has 1 N–H and O–H groups in total. The van der Waals surface area contributed by atoms with E-state index in [1.165, 1.54) is 4.88 Å². The van der Waals surface area contributed by atoms with Gasteiger partial charge in [-0.1, -0.05) is 6.92 Å². The average molecular weight is 265 g/mol. The standard InChI is InChI=1S/C12H19N5S/c1-4-11-14-12(16-15-11)7-17(3)6-5-10-9(2)13-8-18-10/h8H,4-7H2,1-3H3,(H,14,15,16). The maximum atomic E-state index is 4.41. The van der Waals surface area contributed by atoms with Crippen molar-refractivity contribution in [2.75, 3.05) is 13.6 Å². The van der Waals surface area contributed by atoms with Gasteiger partial charge in [-0.25, -0.2) is 9.97 Å². The molecule has 0 fully saturated rings. The summed E-state index contributed by atoms with van der Waals surface area (Å²) in [6.45, 7) is 5.94. The Labute approximate surface area is 111 Å². The second-order valence-corrected chi connectivity index (χ2v) is 5.34. The number of aromatic nitrogens is 4. The molecule has 2 aromatic heterocycles. The molecule has 0 aromatic carbocycles. The topological polar surface area (TPSA) is 57.7 Å². The van der Waals surface area contributed by atoms with E-state index >= 15 is 0 Å². The Bertz CT molecular complexity index is 490. The van der Waals surface area contributed by atoms with Crippen LogP contribution >= 0.6 is 11.3 Å². The maximum Gasteiger partial charge on any atom is 0.150 e. The summed E-state index contributed by atoms with van der Waals surface area (Å²) in [5, 5.41) is 7.12. The molecule has 18 heavy (non-hydrogen) atoms. The van der Waals surface area contributed by atoms with Gasteiger partial charge in [0.15, 0.2) is 0 Å². The molecule has 2 rings (SSSR count). The smallest absolute Gasteiger partial charge is 0.150 e. The van der Waals surface area contributed by atoms with E-state index < -0.39 is 0 Å². The van der Waals surface area contributed by atoms with Crippen molar-refractivity contribution in [3.63, 3.8) is 0 Å². The van der Waals surface area contributed by atoms with Crippen molar-refractivity contribution in [1.82, 2.24) is 25.1 Å². The van der Waals surface area contributed by atoms with Crippen molar-refractivity contribution in [2.24, 2.45) is 0 Å². The summed E-state index contributed by atoms with van der Waals surface area (Å²) in [6.07, 6.45) is 1.92. The number of aryl methyl sites for hydroxylation is 2. The van der Waals surface area contributed by atoms with Crippen LogP contribution in [-0.2, 0) is 19.4 Å². The molecule has 5 nitrogen and oxygen atoms in total. The first-order valence-corrected chi connectivity index (χ1v) is 7.04. The highest BCUT2D eigenvalue weighted by Crippen LogP contribution is 2.13. The highest BCUT2D eigenvalue weighted by molar-refractivity contribution is 7.09. The van der Waals surface area contributed by atoms with Crippen LogP contribution in [-0.4, -0.2) is 38.7 Å². The lowest BCUT2D eigenvalue weighted by atomic mass is 10.3. The van der Waals surface area contributed by atoms with Crippen LogP contribution in [0.15, 0.2) is 5.51 Å². The molecule has 0 bridgehead atoms. The Balaban J connectivity index is 1.81. The molecule has 0 atom stereocenters. The Morgan fingerprint density at radius 1 is 1.44 bits per heavy atom. The van der Waals surface area contributed by atoms with E-state index in [4.69, 9.17) is 0 Å². The number of thiazole rings is 1. The number of nitrogens with zero attached hydrogens (tertiary/aromatic N) is 4. The van der Waals surface area contributed by atoms with Crippen LogP contribution in [0.1, 0.15) is 29.1 Å². The number of H-pyrrole nitrogens is 1. The Hall–Kier alpha value is -1.27. The summed E-state index contributed by atoms with van der Waals surface area (Å²) in [5.41, 5.74) is 3.07. The first-order chi connectivity index (χ1) is 8.69. The fourth-order valence-electron chi connectivity index (χ4n) is 1.76. The minimum Gasteiger partial charge on any atom is -0.299 e. The van der Waals surface area contributed by atoms with Gasteiger partial charge < -0.3 is 0 Å². The zero-order chi connectivity index (χ0) is 13.0. The third kappa shape index (κ3) is 3.36. The lowest BCUT2D eigenvalue weighted by Crippen LogP contribution is -2.21. The second-order valence-electron chi connectivity index (χ2n) is 4.40. The SMILES string of the molecule is CCc1n[nH]c(CN(C)CCc2scnc2C)n1. The summed E-state index contributed by atoms with van der Waals surface area (Å²) in [6, 6.07) is 0. The molecule has 0 radical (unpaired) electrons. The summed E-state index contributed by atoms with van der Waals surface area (Å²) in [7, 11) is 2.10. The van der Waals surface area contributed by atoms with Gasteiger partial charge in [-0.05, 0) is 20.4 Å². The summed E-state index contributed by atoms with van der Waals surface area (Å²) in [4.78, 5) is 12.3. The predicted octanol–water partition coefficient (Wildman–Crippen LogP) is 1.81. The van der Waals surface area contributed by atoms with Crippen LogP contribution in [0.4, 0.5) is 0 Å². The van der Waals surface area contributed by atoms with Crippen LogP contribution in [0.3, 0.4) is 0 Å². The first-order valence-electron chi connectivity index (χ1n) is 6.16. The van der Waals surface area contributed by atoms with Crippen LogP contribution in [0.25, 0.3) is 0 Å². The quantitative estimate of drug-likeness (QED) is 0.865.